The van der Waals surface area contributed by atoms with Gasteiger partial charge in [-0.25, -0.2) is 18.2 Å². The smallest absolute Gasteiger partial charge is 0.264 e. The Morgan fingerprint density at radius 2 is 1.74 bits per heavy atom. The van der Waals surface area contributed by atoms with Crippen molar-refractivity contribution in [2.75, 3.05) is 30.7 Å². The lowest BCUT2D eigenvalue weighted by Gasteiger charge is -2.44. The SMILES string of the molecule is CC.N#Cc1c(N)ccc(F)c1Oc1ccc2ncn(C3COC4(CCN(C5CCC(c6ccc(NC7CCC(=O)NC7=O)cc6F)CC5)CC4)C3)c(=O)c2c1F. The van der Waals surface area contributed by atoms with E-state index in [1.54, 1.807) is 18.2 Å². The third-order valence-corrected chi connectivity index (χ3v) is 11.8. The minimum Gasteiger partial charge on any atom is -0.450 e. The molecule has 3 saturated heterocycles. The Balaban J connectivity index is 0.00000244. The number of rotatable bonds is 7. The van der Waals surface area contributed by atoms with Gasteiger partial charge in [0.15, 0.2) is 23.1 Å². The van der Waals surface area contributed by atoms with Gasteiger partial charge in [-0.15, -0.1) is 0 Å². The largest absolute Gasteiger partial charge is 0.450 e. The van der Waals surface area contributed by atoms with Crippen molar-refractivity contribution < 1.29 is 32.2 Å². The Morgan fingerprint density at radius 1 is 0.982 bits per heavy atom. The highest BCUT2D eigenvalue weighted by atomic mass is 19.1. The van der Waals surface area contributed by atoms with Crippen molar-refractivity contribution in [2.24, 2.45) is 0 Å². The van der Waals surface area contributed by atoms with Crippen LogP contribution in [0.15, 0.2) is 53.6 Å². The van der Waals surface area contributed by atoms with Crippen LogP contribution in [0.4, 0.5) is 24.5 Å². The lowest BCUT2D eigenvalue weighted by molar-refractivity contribution is -0.133. The number of likely N-dealkylation sites (tertiary alicyclic amines) is 1. The second-order valence-electron chi connectivity index (χ2n) is 15.1. The molecule has 4 fully saturated rings. The molecule has 1 aromatic heterocycles. The number of nitrogens with zero attached hydrogens (tertiary/aromatic N) is 4. The third-order valence-electron chi connectivity index (χ3n) is 11.8. The van der Waals surface area contributed by atoms with Crippen LogP contribution in [0, 0.1) is 28.8 Å². The maximum absolute atomic E-state index is 15.9. The van der Waals surface area contributed by atoms with Crippen LogP contribution in [-0.2, 0) is 14.3 Å². The Bertz CT molecular complexity index is 2280. The average Bonchev–Trinajstić information content (AvgIpc) is 3.62. The molecule has 300 valence electrons. The maximum atomic E-state index is 15.9. The number of halogens is 3. The highest BCUT2D eigenvalue weighted by Gasteiger charge is 2.45. The minimum absolute atomic E-state index is 0.0311. The predicted molar refractivity (Wildman–Crippen MR) is 207 cm³/mol. The zero-order valence-electron chi connectivity index (χ0n) is 32.0. The third kappa shape index (κ3) is 7.93. The molecule has 4 aliphatic rings. The fourth-order valence-electron chi connectivity index (χ4n) is 8.78. The van der Waals surface area contributed by atoms with E-state index in [-0.39, 0.29) is 58.9 Å². The standard InChI is InChI=1S/C40H40F3N7O5.C2H6/c41-28-7-8-30(45)27(19-44)37(28)55-33-11-9-31-35(36(33)43)39(53)50(21-46-31)25-18-40(54-20-25)13-15-49(16-14-40)24-4-1-22(2-5-24)26-6-3-23(17-29(26)42)47-32-10-12-34(51)48-38(32)52;1-2/h3,6-9,11,17,21-22,24-25,32,47H,1-2,4-5,10,12-16,18,20,45H2,(H,48,51,52);1-2H3. The number of nitrogens with two attached hydrogens (primary N) is 1. The van der Waals surface area contributed by atoms with Crippen LogP contribution in [0.1, 0.15) is 94.7 Å². The number of piperidine rings is 2. The van der Waals surface area contributed by atoms with E-state index in [2.05, 4.69) is 20.5 Å². The van der Waals surface area contributed by atoms with E-state index in [9.17, 15) is 24.0 Å². The molecule has 2 amide bonds. The maximum Gasteiger partial charge on any atom is 0.264 e. The second kappa shape index (κ2) is 16.6. The number of ether oxygens (including phenoxy) is 2. The quantitative estimate of drug-likeness (QED) is 0.134. The molecule has 2 unspecified atom stereocenters. The summed E-state index contributed by atoms with van der Waals surface area (Å²) in [6.07, 6.45) is 7.72. The van der Waals surface area contributed by atoms with E-state index in [0.29, 0.717) is 30.1 Å². The van der Waals surface area contributed by atoms with Gasteiger partial charge in [-0.2, -0.15) is 5.26 Å². The minimum atomic E-state index is -1.02. The number of benzene rings is 3. The van der Waals surface area contributed by atoms with E-state index < -0.39 is 46.2 Å². The molecular weight excluding hydrogens is 740 g/mol. The van der Waals surface area contributed by atoms with Crippen LogP contribution >= 0.6 is 0 Å². The first-order chi connectivity index (χ1) is 27.5. The first-order valence-corrected chi connectivity index (χ1v) is 19.7. The fraction of sp³-hybridized carbons (Fsp3) is 0.452. The number of nitrogens with one attached hydrogen (secondary N) is 2. The van der Waals surface area contributed by atoms with Gasteiger partial charge in [0.2, 0.25) is 11.8 Å². The summed E-state index contributed by atoms with van der Waals surface area (Å²) in [5.41, 5.74) is 5.74. The summed E-state index contributed by atoms with van der Waals surface area (Å²) in [6.45, 7) is 5.91. The Kier molecular flexibility index (Phi) is 11.6. The lowest BCUT2D eigenvalue weighted by atomic mass is 9.79. The van der Waals surface area contributed by atoms with E-state index in [4.69, 9.17) is 15.2 Å². The van der Waals surface area contributed by atoms with Crippen LogP contribution in [0.3, 0.4) is 0 Å². The Hall–Kier alpha value is -5.46. The molecule has 3 aromatic carbocycles. The molecule has 4 aromatic rings. The number of carbonyl (C=O) groups excluding carboxylic acids is 2. The molecule has 1 spiro atoms. The van der Waals surface area contributed by atoms with E-state index in [1.165, 1.54) is 35.2 Å². The molecule has 2 atom stereocenters. The molecule has 4 heterocycles. The number of carbonyl (C=O) groups is 2. The van der Waals surface area contributed by atoms with Crippen molar-refractivity contribution in [1.29, 1.82) is 5.26 Å². The van der Waals surface area contributed by atoms with Crippen LogP contribution < -0.4 is 26.7 Å². The lowest BCUT2D eigenvalue weighted by Crippen LogP contribution is -2.49. The summed E-state index contributed by atoms with van der Waals surface area (Å²) in [7, 11) is 0. The van der Waals surface area contributed by atoms with Gasteiger partial charge in [0.05, 0.1) is 35.8 Å². The summed E-state index contributed by atoms with van der Waals surface area (Å²) in [5, 5.41) is 14.5. The predicted octanol–water partition coefficient (Wildman–Crippen LogP) is 6.83. The van der Waals surface area contributed by atoms with Gasteiger partial charge >= 0.3 is 0 Å². The zero-order chi connectivity index (χ0) is 40.4. The van der Waals surface area contributed by atoms with E-state index >= 15 is 8.78 Å². The molecule has 1 aliphatic carbocycles. The first kappa shape index (κ1) is 39.8. The van der Waals surface area contributed by atoms with Gasteiger partial charge < -0.3 is 25.4 Å². The van der Waals surface area contributed by atoms with Gasteiger partial charge in [-0.1, -0.05) is 19.9 Å². The molecule has 3 aliphatic heterocycles. The highest BCUT2D eigenvalue weighted by Crippen LogP contribution is 2.43. The number of fused-ring (bicyclic) bond motifs is 1. The summed E-state index contributed by atoms with van der Waals surface area (Å²) in [5.74, 6) is -3.78. The molecule has 0 bridgehead atoms. The van der Waals surface area contributed by atoms with Crippen LogP contribution in [0.5, 0.6) is 11.5 Å². The number of anilines is 2. The number of nitriles is 1. The number of hydrogen-bond donors (Lipinski definition) is 3. The molecule has 0 radical (unpaired) electrons. The van der Waals surface area contributed by atoms with Crippen LogP contribution in [-0.4, -0.2) is 63.6 Å². The number of nitrogen functional groups attached to an aromatic ring is 1. The molecule has 57 heavy (non-hydrogen) atoms. The number of amides is 2. The van der Waals surface area contributed by atoms with Crippen LogP contribution in [0.2, 0.25) is 0 Å². The molecule has 4 N–H and O–H groups in total. The van der Waals surface area contributed by atoms with Gasteiger partial charge in [0.1, 0.15) is 28.9 Å². The number of aromatic nitrogens is 2. The summed E-state index contributed by atoms with van der Waals surface area (Å²) < 4.78 is 59.1. The number of imide groups is 1. The number of hydrogen-bond acceptors (Lipinski definition) is 10. The van der Waals surface area contributed by atoms with E-state index in [0.717, 1.165) is 57.7 Å². The second-order valence-corrected chi connectivity index (χ2v) is 15.1. The topological polar surface area (TPSA) is 165 Å². The van der Waals surface area contributed by atoms with Crippen molar-refractivity contribution in [3.63, 3.8) is 0 Å². The van der Waals surface area contributed by atoms with Crippen molar-refractivity contribution >= 4 is 34.1 Å². The molecular formula is C42H46F3N7O5. The average molecular weight is 786 g/mol. The van der Waals surface area contributed by atoms with Gasteiger partial charge in [-0.3, -0.25) is 24.3 Å². The molecule has 1 saturated carbocycles. The molecule has 15 heteroatoms. The Labute approximate surface area is 328 Å². The zero-order valence-corrected chi connectivity index (χ0v) is 32.0. The summed E-state index contributed by atoms with van der Waals surface area (Å²) in [4.78, 5) is 44.1. The van der Waals surface area contributed by atoms with Crippen molar-refractivity contribution in [2.45, 2.75) is 101 Å². The van der Waals surface area contributed by atoms with E-state index in [1.807, 2.05) is 13.8 Å². The van der Waals surface area contributed by atoms with Crippen molar-refractivity contribution in [3.05, 3.63) is 87.7 Å². The molecule has 12 nitrogen and oxygen atoms in total. The monoisotopic (exact) mass is 785 g/mol. The van der Waals surface area contributed by atoms with Crippen molar-refractivity contribution in [3.8, 4) is 17.6 Å². The molecule has 8 rings (SSSR count). The van der Waals surface area contributed by atoms with Crippen molar-refractivity contribution in [1.82, 2.24) is 19.8 Å². The van der Waals surface area contributed by atoms with Gasteiger partial charge in [0, 0.05) is 31.2 Å². The highest BCUT2D eigenvalue weighted by molar-refractivity contribution is 6.01. The Morgan fingerprint density at radius 3 is 2.44 bits per heavy atom. The first-order valence-electron chi connectivity index (χ1n) is 19.7. The van der Waals surface area contributed by atoms with Gasteiger partial charge in [0.25, 0.3) is 5.56 Å². The summed E-state index contributed by atoms with van der Waals surface area (Å²) in [6, 6.07) is 11.1. The summed E-state index contributed by atoms with van der Waals surface area (Å²) >= 11 is 0. The normalized spacial score (nSPS) is 23.4. The fourth-order valence-corrected chi connectivity index (χ4v) is 8.78. The van der Waals surface area contributed by atoms with Gasteiger partial charge in [-0.05, 0) is 99.2 Å². The van der Waals surface area contributed by atoms with Crippen LogP contribution in [0.25, 0.3) is 10.9 Å².